The van der Waals surface area contributed by atoms with Crippen LogP contribution in [0.25, 0.3) is 22.2 Å². The van der Waals surface area contributed by atoms with Crippen molar-refractivity contribution in [1.29, 1.82) is 0 Å². The molecule has 4 N–H and O–H groups in total. The zero-order valence-corrected chi connectivity index (χ0v) is 21.9. The smallest absolute Gasteiger partial charge is 0.224 e. The summed E-state index contributed by atoms with van der Waals surface area (Å²) in [6.45, 7) is 6.68. The molecule has 35 heavy (non-hydrogen) atoms. The Bertz CT molecular complexity index is 1570. The van der Waals surface area contributed by atoms with Gasteiger partial charge in [0.1, 0.15) is 24.4 Å². The summed E-state index contributed by atoms with van der Waals surface area (Å²) in [5, 5.41) is 3.88. The first kappa shape index (κ1) is 24.8. The molecule has 0 unspecified atom stereocenters. The zero-order valence-electron chi connectivity index (χ0n) is 20.2. The number of ether oxygens (including phenoxy) is 1. The van der Waals surface area contributed by atoms with Crippen molar-refractivity contribution in [3.63, 3.8) is 0 Å². The SMILES string of the molecule is COc1cc(P(C)(C)=O)ccc1-c1c[nH]c2nc(N)nc(Nc3ccccc3S(=O)(=O)C(C)C)c12. The number of aromatic amines is 1. The number of sulfone groups is 1. The van der Waals surface area contributed by atoms with Crippen LogP contribution in [0.15, 0.2) is 53.6 Å². The highest BCUT2D eigenvalue weighted by molar-refractivity contribution is 7.92. The fraction of sp³-hybridized carbons (Fsp3) is 0.250. The van der Waals surface area contributed by atoms with Crippen LogP contribution in [0.5, 0.6) is 5.75 Å². The van der Waals surface area contributed by atoms with Gasteiger partial charge >= 0.3 is 0 Å². The van der Waals surface area contributed by atoms with Crippen molar-refractivity contribution < 1.29 is 17.7 Å². The highest BCUT2D eigenvalue weighted by Crippen LogP contribution is 2.42. The van der Waals surface area contributed by atoms with Crippen LogP contribution in [-0.4, -0.2) is 49.1 Å². The lowest BCUT2D eigenvalue weighted by atomic mass is 10.0. The van der Waals surface area contributed by atoms with Gasteiger partial charge in [0.15, 0.2) is 9.84 Å². The van der Waals surface area contributed by atoms with Gasteiger partial charge in [-0.25, -0.2) is 8.42 Å². The summed E-state index contributed by atoms with van der Waals surface area (Å²) in [4.78, 5) is 12.0. The number of hydrogen-bond acceptors (Lipinski definition) is 8. The number of benzene rings is 2. The number of anilines is 3. The summed E-state index contributed by atoms with van der Waals surface area (Å²) in [5.41, 5.74) is 8.27. The van der Waals surface area contributed by atoms with Gasteiger partial charge < -0.3 is 25.3 Å². The van der Waals surface area contributed by atoms with Crippen LogP contribution in [0.1, 0.15) is 13.8 Å². The number of fused-ring (bicyclic) bond motifs is 1. The van der Waals surface area contributed by atoms with E-state index in [1.165, 1.54) is 0 Å². The van der Waals surface area contributed by atoms with Crippen LogP contribution in [0.3, 0.4) is 0 Å². The number of rotatable bonds is 7. The summed E-state index contributed by atoms with van der Waals surface area (Å²) >= 11 is 0. The molecule has 0 radical (unpaired) electrons. The molecule has 0 saturated heterocycles. The first-order valence-corrected chi connectivity index (χ1v) is 15.1. The minimum atomic E-state index is -3.56. The average molecular weight is 514 g/mol. The monoisotopic (exact) mass is 513 g/mol. The maximum absolute atomic E-state index is 13.0. The standard InChI is InChI=1S/C24H28N5O4PS/c1-14(2)35(31,32)20-9-7-6-8-18(20)27-23-21-17(13-26-22(21)28-24(25)29-23)16-11-10-15(34(4,5)30)12-19(16)33-3/h6-14H,1-5H3,(H4,25,26,27,28,29). The predicted octanol–water partition coefficient (Wildman–Crippen LogP) is 4.39. The molecule has 4 rings (SSSR count). The topological polar surface area (TPSA) is 140 Å². The van der Waals surface area contributed by atoms with Gasteiger partial charge in [0.25, 0.3) is 0 Å². The third-order valence-electron chi connectivity index (χ3n) is 5.71. The Morgan fingerprint density at radius 1 is 1.09 bits per heavy atom. The van der Waals surface area contributed by atoms with E-state index in [4.69, 9.17) is 10.5 Å². The molecule has 0 bridgehead atoms. The van der Waals surface area contributed by atoms with E-state index in [-0.39, 0.29) is 10.8 Å². The molecule has 184 valence electrons. The van der Waals surface area contributed by atoms with Gasteiger partial charge in [0.05, 0.1) is 28.3 Å². The molecule has 2 heterocycles. The third kappa shape index (κ3) is 4.63. The Morgan fingerprint density at radius 2 is 1.80 bits per heavy atom. The Kier molecular flexibility index (Phi) is 6.38. The normalized spacial score (nSPS) is 12.3. The zero-order chi connectivity index (χ0) is 25.5. The Morgan fingerprint density at radius 3 is 2.46 bits per heavy atom. The van der Waals surface area contributed by atoms with Crippen molar-refractivity contribution in [2.45, 2.75) is 24.0 Å². The second-order valence-corrected chi connectivity index (χ2v) is 14.5. The van der Waals surface area contributed by atoms with Crippen molar-refractivity contribution in [2.24, 2.45) is 0 Å². The fourth-order valence-corrected chi connectivity index (χ4v) is 5.85. The lowest BCUT2D eigenvalue weighted by molar-refractivity contribution is 0.417. The highest BCUT2D eigenvalue weighted by atomic mass is 32.2. The van der Waals surface area contributed by atoms with E-state index in [0.717, 1.165) is 11.1 Å². The molecule has 11 heteroatoms. The molecule has 0 fully saturated rings. The van der Waals surface area contributed by atoms with Crippen LogP contribution < -0.4 is 21.1 Å². The maximum Gasteiger partial charge on any atom is 0.224 e. The number of nitrogens with zero attached hydrogens (tertiary/aromatic N) is 2. The summed E-state index contributed by atoms with van der Waals surface area (Å²) in [7, 11) is -4.50. The van der Waals surface area contributed by atoms with E-state index in [2.05, 4.69) is 20.3 Å². The van der Waals surface area contributed by atoms with Gasteiger partial charge in [0, 0.05) is 22.6 Å². The average Bonchev–Trinajstić information content (AvgIpc) is 3.22. The van der Waals surface area contributed by atoms with Crippen molar-refractivity contribution in [2.75, 3.05) is 31.5 Å². The van der Waals surface area contributed by atoms with Crippen LogP contribution in [0, 0.1) is 0 Å². The molecule has 0 spiro atoms. The molecule has 0 aliphatic heterocycles. The van der Waals surface area contributed by atoms with E-state index < -0.39 is 22.2 Å². The number of H-pyrrole nitrogens is 1. The molecular formula is C24H28N5O4PS. The van der Waals surface area contributed by atoms with E-state index in [0.29, 0.717) is 33.6 Å². The number of hydrogen-bond donors (Lipinski definition) is 3. The molecule has 0 atom stereocenters. The number of methoxy groups -OCH3 is 1. The predicted molar refractivity (Wildman–Crippen MR) is 141 cm³/mol. The van der Waals surface area contributed by atoms with Crippen LogP contribution in [0.4, 0.5) is 17.5 Å². The highest BCUT2D eigenvalue weighted by Gasteiger charge is 2.24. The molecular weight excluding hydrogens is 485 g/mol. The largest absolute Gasteiger partial charge is 0.496 e. The number of nitrogen functional groups attached to an aromatic ring is 1. The summed E-state index contributed by atoms with van der Waals surface area (Å²) < 4.78 is 44.2. The molecule has 2 aromatic heterocycles. The van der Waals surface area contributed by atoms with Crippen molar-refractivity contribution >= 4 is 50.8 Å². The van der Waals surface area contributed by atoms with Gasteiger partial charge in [-0.15, -0.1) is 0 Å². The minimum absolute atomic E-state index is 0.0258. The Hall–Kier alpha value is -3.36. The second-order valence-electron chi connectivity index (χ2n) is 8.81. The lowest BCUT2D eigenvalue weighted by Gasteiger charge is -2.16. The Labute approximate surface area is 204 Å². The van der Waals surface area contributed by atoms with Gasteiger partial charge in [-0.1, -0.05) is 18.2 Å². The molecule has 0 aliphatic carbocycles. The van der Waals surface area contributed by atoms with Crippen LogP contribution in [0.2, 0.25) is 0 Å². The van der Waals surface area contributed by atoms with Crippen molar-refractivity contribution in [3.05, 3.63) is 48.7 Å². The number of nitrogens with one attached hydrogen (secondary N) is 2. The quantitative estimate of drug-likeness (QED) is 0.309. The number of aromatic nitrogens is 3. The maximum atomic E-state index is 13.0. The van der Waals surface area contributed by atoms with Crippen molar-refractivity contribution in [3.8, 4) is 16.9 Å². The number of para-hydroxylation sites is 1. The summed E-state index contributed by atoms with van der Waals surface area (Å²) in [6.07, 6.45) is 1.76. The Balaban J connectivity index is 1.92. The van der Waals surface area contributed by atoms with Gasteiger partial charge in [-0.3, -0.25) is 0 Å². The van der Waals surface area contributed by atoms with E-state index in [1.54, 1.807) is 70.8 Å². The minimum Gasteiger partial charge on any atom is -0.496 e. The van der Waals surface area contributed by atoms with E-state index in [1.807, 2.05) is 12.1 Å². The molecule has 2 aromatic carbocycles. The summed E-state index contributed by atoms with van der Waals surface area (Å²) in [5.74, 6) is 0.911. The van der Waals surface area contributed by atoms with Crippen molar-refractivity contribution in [1.82, 2.24) is 15.0 Å². The first-order valence-electron chi connectivity index (χ1n) is 10.9. The molecule has 4 aromatic rings. The molecule has 0 amide bonds. The van der Waals surface area contributed by atoms with Gasteiger partial charge in [0.2, 0.25) is 5.95 Å². The number of nitrogens with two attached hydrogens (primary N) is 1. The first-order chi connectivity index (χ1) is 16.4. The lowest BCUT2D eigenvalue weighted by Crippen LogP contribution is -2.15. The second kappa shape index (κ2) is 9.02. The molecule has 0 saturated carbocycles. The fourth-order valence-electron chi connectivity index (χ4n) is 3.79. The van der Waals surface area contributed by atoms with Gasteiger partial charge in [-0.2, -0.15) is 9.97 Å². The van der Waals surface area contributed by atoms with E-state index in [9.17, 15) is 13.0 Å². The van der Waals surface area contributed by atoms with Crippen LogP contribution in [-0.2, 0) is 14.4 Å². The van der Waals surface area contributed by atoms with Crippen LogP contribution >= 0.6 is 7.14 Å². The third-order valence-corrected chi connectivity index (χ3v) is 9.45. The van der Waals surface area contributed by atoms with Gasteiger partial charge in [-0.05, 0) is 51.4 Å². The van der Waals surface area contributed by atoms with E-state index >= 15 is 0 Å². The molecule has 0 aliphatic rings. The summed E-state index contributed by atoms with van der Waals surface area (Å²) in [6, 6.07) is 12.1. The molecule has 9 nitrogen and oxygen atoms in total.